The summed E-state index contributed by atoms with van der Waals surface area (Å²) in [5, 5.41) is 2.75. The number of hydrogen-bond acceptors (Lipinski definition) is 3. The van der Waals surface area contributed by atoms with Crippen LogP contribution in [0, 0.1) is 6.92 Å². The fourth-order valence-corrected chi connectivity index (χ4v) is 1.12. The Morgan fingerprint density at radius 2 is 2.12 bits per heavy atom. The number of hydroxylamine groups is 1. The van der Waals surface area contributed by atoms with Crippen molar-refractivity contribution in [2.75, 3.05) is 11.9 Å². The number of carbonyl (C=O) groups is 1. The van der Waals surface area contributed by atoms with Gasteiger partial charge < -0.3 is 5.32 Å². The number of carbonyl (C=O) groups excluding carboxylic acids is 1. The van der Waals surface area contributed by atoms with Crippen molar-refractivity contribution in [2.45, 2.75) is 13.8 Å². The lowest BCUT2D eigenvalue weighted by molar-refractivity contribution is -0.122. The third-order valence-corrected chi connectivity index (χ3v) is 1.87. The summed E-state index contributed by atoms with van der Waals surface area (Å²) in [7, 11) is 0. The van der Waals surface area contributed by atoms with Crippen LogP contribution in [-0.4, -0.2) is 12.5 Å². The molecule has 0 saturated carbocycles. The van der Waals surface area contributed by atoms with Crippen LogP contribution in [0.5, 0.6) is 0 Å². The van der Waals surface area contributed by atoms with Gasteiger partial charge in [0.25, 0.3) is 5.91 Å². The lowest BCUT2D eigenvalue weighted by atomic mass is 10.2. The predicted molar refractivity (Wildman–Crippen MR) is 63.7 cm³/mol. The Kier molecular flexibility index (Phi) is 4.54. The number of allylic oxidation sites excluding steroid dienone is 1. The molecule has 0 atom stereocenters. The van der Waals surface area contributed by atoms with Gasteiger partial charge in [-0.2, -0.15) is 0 Å². The zero-order valence-corrected chi connectivity index (χ0v) is 9.54. The number of anilines is 1. The minimum absolute atomic E-state index is 0.0544. The maximum Gasteiger partial charge on any atom is 0.253 e. The highest BCUT2D eigenvalue weighted by Gasteiger charge is 2.03. The maximum atomic E-state index is 11.4. The summed E-state index contributed by atoms with van der Waals surface area (Å²) in [5.41, 5.74) is 4.99. The summed E-state index contributed by atoms with van der Waals surface area (Å²) in [6.45, 7) is 7.21. The summed E-state index contributed by atoms with van der Waals surface area (Å²) in [6, 6.07) is 7.57. The molecule has 0 radical (unpaired) electrons. The second kappa shape index (κ2) is 5.92. The van der Waals surface area contributed by atoms with E-state index < -0.39 is 0 Å². The summed E-state index contributed by atoms with van der Waals surface area (Å²) >= 11 is 0. The van der Waals surface area contributed by atoms with E-state index in [1.807, 2.05) is 31.2 Å². The van der Waals surface area contributed by atoms with Gasteiger partial charge in [-0.15, -0.1) is 0 Å². The minimum atomic E-state index is -0.206. The monoisotopic (exact) mass is 220 g/mol. The first-order chi connectivity index (χ1) is 7.59. The Morgan fingerprint density at radius 1 is 1.44 bits per heavy atom. The average Bonchev–Trinajstić information content (AvgIpc) is 2.21. The summed E-state index contributed by atoms with van der Waals surface area (Å²) < 4.78 is 0. The number of rotatable bonds is 5. The van der Waals surface area contributed by atoms with Crippen LogP contribution in [0.1, 0.15) is 12.5 Å². The van der Waals surface area contributed by atoms with Crippen molar-refractivity contribution in [3.63, 3.8) is 0 Å². The molecule has 0 fully saturated rings. The van der Waals surface area contributed by atoms with Crippen LogP contribution in [0.15, 0.2) is 36.5 Å². The Bertz CT molecular complexity index is 388. The number of benzene rings is 1. The third-order valence-electron chi connectivity index (χ3n) is 1.87. The smallest absolute Gasteiger partial charge is 0.253 e. The maximum absolute atomic E-state index is 11.4. The molecule has 0 spiro atoms. The van der Waals surface area contributed by atoms with Crippen molar-refractivity contribution in [1.82, 2.24) is 5.48 Å². The molecule has 1 amide bonds. The first kappa shape index (κ1) is 12.3. The lowest BCUT2D eigenvalue weighted by Crippen LogP contribution is -2.23. The van der Waals surface area contributed by atoms with Crippen molar-refractivity contribution in [1.29, 1.82) is 0 Å². The zero-order chi connectivity index (χ0) is 12.0. The van der Waals surface area contributed by atoms with Gasteiger partial charge in [-0.1, -0.05) is 24.8 Å². The van der Waals surface area contributed by atoms with E-state index in [4.69, 9.17) is 4.84 Å². The Hall–Kier alpha value is -1.81. The van der Waals surface area contributed by atoms with E-state index in [1.165, 1.54) is 0 Å². The molecular formula is C12H16N2O2. The number of hydrogen-bond donors (Lipinski definition) is 2. The molecule has 2 N–H and O–H groups in total. The van der Waals surface area contributed by atoms with Crippen LogP contribution in [0.4, 0.5) is 5.69 Å². The van der Waals surface area contributed by atoms with Crippen molar-refractivity contribution in [3.05, 3.63) is 42.1 Å². The topological polar surface area (TPSA) is 50.4 Å². The highest BCUT2D eigenvalue weighted by atomic mass is 16.6. The minimum Gasteiger partial charge on any atom is -0.324 e. The van der Waals surface area contributed by atoms with E-state index in [2.05, 4.69) is 17.4 Å². The molecule has 1 aromatic carbocycles. The van der Waals surface area contributed by atoms with Crippen LogP contribution < -0.4 is 10.8 Å². The van der Waals surface area contributed by atoms with Gasteiger partial charge in [0.2, 0.25) is 0 Å². The van der Waals surface area contributed by atoms with Crippen LogP contribution in [0.2, 0.25) is 0 Å². The van der Waals surface area contributed by atoms with E-state index in [0.717, 1.165) is 11.3 Å². The van der Waals surface area contributed by atoms with Crippen LogP contribution >= 0.6 is 0 Å². The van der Waals surface area contributed by atoms with Gasteiger partial charge >= 0.3 is 0 Å². The predicted octanol–water partition coefficient (Wildman–Crippen LogP) is 1.99. The lowest BCUT2D eigenvalue weighted by Gasteiger charge is -2.09. The highest BCUT2D eigenvalue weighted by molar-refractivity contribution is 5.92. The van der Waals surface area contributed by atoms with Crippen molar-refractivity contribution in [2.24, 2.45) is 0 Å². The fourth-order valence-electron chi connectivity index (χ4n) is 1.12. The highest BCUT2D eigenvalue weighted by Crippen LogP contribution is 2.12. The first-order valence-electron chi connectivity index (χ1n) is 4.98. The molecule has 0 saturated heterocycles. The fraction of sp³-hybridized carbons (Fsp3) is 0.250. The summed E-state index contributed by atoms with van der Waals surface area (Å²) in [5.74, 6) is -0.206. The normalized spacial score (nSPS) is 9.62. The second-order valence-corrected chi connectivity index (χ2v) is 3.53. The number of para-hydroxylation sites is 1. The van der Waals surface area contributed by atoms with Gasteiger partial charge in [0, 0.05) is 11.4 Å². The Labute approximate surface area is 95.3 Å². The molecule has 0 bridgehead atoms. The Balaban J connectivity index is 2.40. The Morgan fingerprint density at radius 3 is 2.75 bits per heavy atom. The molecule has 0 aliphatic heterocycles. The molecule has 0 aliphatic carbocycles. The summed E-state index contributed by atoms with van der Waals surface area (Å²) in [4.78, 5) is 16.3. The van der Waals surface area contributed by atoms with Crippen LogP contribution in [0.3, 0.4) is 0 Å². The third kappa shape index (κ3) is 4.14. The van der Waals surface area contributed by atoms with Crippen LogP contribution in [-0.2, 0) is 9.63 Å². The van der Waals surface area contributed by atoms with Crippen LogP contribution in [0.25, 0.3) is 0 Å². The molecule has 0 aliphatic rings. The van der Waals surface area contributed by atoms with Crippen molar-refractivity contribution >= 4 is 11.6 Å². The molecule has 1 aromatic rings. The standard InChI is InChI=1S/C12H16N2O2/c1-9(2)14-16-8-12(15)13-11-7-5-4-6-10(11)3/h4-7,14H,1,8H2,2-3H3,(H,13,15). The molecule has 0 aromatic heterocycles. The van der Waals surface area contributed by atoms with E-state index in [0.29, 0.717) is 5.70 Å². The summed E-state index contributed by atoms with van der Waals surface area (Å²) in [6.07, 6.45) is 0. The second-order valence-electron chi connectivity index (χ2n) is 3.53. The van der Waals surface area contributed by atoms with Gasteiger partial charge in [-0.3, -0.25) is 15.1 Å². The van der Waals surface area contributed by atoms with E-state index >= 15 is 0 Å². The quantitative estimate of drug-likeness (QED) is 0.746. The molecular weight excluding hydrogens is 204 g/mol. The van der Waals surface area contributed by atoms with Gasteiger partial charge in [0.1, 0.15) is 0 Å². The average molecular weight is 220 g/mol. The zero-order valence-electron chi connectivity index (χ0n) is 9.54. The van der Waals surface area contributed by atoms with Crippen molar-refractivity contribution in [3.8, 4) is 0 Å². The van der Waals surface area contributed by atoms with E-state index in [1.54, 1.807) is 6.92 Å². The molecule has 16 heavy (non-hydrogen) atoms. The number of aryl methyl sites for hydroxylation is 1. The largest absolute Gasteiger partial charge is 0.324 e. The molecule has 0 heterocycles. The molecule has 86 valence electrons. The SMILES string of the molecule is C=C(C)NOCC(=O)Nc1ccccc1C. The van der Waals surface area contributed by atoms with Gasteiger partial charge in [-0.25, -0.2) is 0 Å². The first-order valence-corrected chi connectivity index (χ1v) is 4.98. The number of amides is 1. The molecule has 4 nitrogen and oxygen atoms in total. The molecule has 0 unspecified atom stereocenters. The van der Waals surface area contributed by atoms with Gasteiger partial charge in [0.15, 0.2) is 6.61 Å². The van der Waals surface area contributed by atoms with Gasteiger partial charge in [0.05, 0.1) is 0 Å². The molecule has 1 rings (SSSR count). The van der Waals surface area contributed by atoms with Crippen molar-refractivity contribution < 1.29 is 9.63 Å². The van der Waals surface area contributed by atoms with E-state index in [-0.39, 0.29) is 12.5 Å². The molecule has 4 heteroatoms. The van der Waals surface area contributed by atoms with Gasteiger partial charge in [-0.05, 0) is 25.5 Å². The number of nitrogens with one attached hydrogen (secondary N) is 2. The van der Waals surface area contributed by atoms with E-state index in [9.17, 15) is 4.79 Å².